The fourth-order valence-electron chi connectivity index (χ4n) is 9.23. The molecular formula is C58H38N2O. The lowest BCUT2D eigenvalue weighted by atomic mass is 9.98. The van der Waals surface area contributed by atoms with Crippen LogP contribution in [0.1, 0.15) is 0 Å². The van der Waals surface area contributed by atoms with Crippen molar-refractivity contribution >= 4 is 71.6 Å². The topological polar surface area (TPSA) is 21.3 Å². The van der Waals surface area contributed by atoms with E-state index in [4.69, 9.17) is 4.42 Å². The molecule has 0 saturated carbocycles. The number of para-hydroxylation sites is 3. The van der Waals surface area contributed by atoms with Crippen LogP contribution in [0.4, 0.5) is 17.1 Å². The highest BCUT2D eigenvalue weighted by atomic mass is 16.3. The van der Waals surface area contributed by atoms with Crippen LogP contribution in [0.15, 0.2) is 235 Å². The lowest BCUT2D eigenvalue weighted by Crippen LogP contribution is -2.09. The molecule has 3 nitrogen and oxygen atoms in total. The fourth-order valence-corrected chi connectivity index (χ4v) is 9.23. The third-order valence-corrected chi connectivity index (χ3v) is 12.2. The van der Waals surface area contributed by atoms with Crippen LogP contribution in [-0.4, -0.2) is 4.57 Å². The van der Waals surface area contributed by atoms with Crippen molar-refractivity contribution in [3.63, 3.8) is 0 Å². The monoisotopic (exact) mass is 778 g/mol. The van der Waals surface area contributed by atoms with Crippen LogP contribution in [0.25, 0.3) is 93.6 Å². The molecule has 0 aliphatic heterocycles. The van der Waals surface area contributed by atoms with Crippen molar-refractivity contribution in [2.45, 2.75) is 0 Å². The molecule has 0 aliphatic carbocycles. The molecule has 0 spiro atoms. The Hall–Kier alpha value is -8.14. The van der Waals surface area contributed by atoms with Gasteiger partial charge in [-0.05, 0) is 123 Å². The molecule has 12 rings (SSSR count). The average molecular weight is 779 g/mol. The summed E-state index contributed by atoms with van der Waals surface area (Å²) in [6, 6.07) is 83.0. The van der Waals surface area contributed by atoms with Crippen molar-refractivity contribution in [2.75, 3.05) is 4.90 Å². The van der Waals surface area contributed by atoms with Gasteiger partial charge in [-0.1, -0.05) is 152 Å². The van der Waals surface area contributed by atoms with Crippen molar-refractivity contribution in [3.05, 3.63) is 231 Å². The highest BCUT2D eigenvalue weighted by molar-refractivity contribution is 6.09. The number of anilines is 3. The van der Waals surface area contributed by atoms with E-state index in [9.17, 15) is 0 Å². The number of benzene rings is 10. The molecule has 0 atom stereocenters. The Morgan fingerprint density at radius 2 is 0.770 bits per heavy atom. The number of furan rings is 1. The molecule has 61 heavy (non-hydrogen) atoms. The first-order valence-electron chi connectivity index (χ1n) is 20.8. The maximum absolute atomic E-state index is 6.13. The van der Waals surface area contributed by atoms with E-state index >= 15 is 0 Å². The van der Waals surface area contributed by atoms with Gasteiger partial charge in [0.15, 0.2) is 0 Å². The Kier molecular flexibility index (Phi) is 8.17. The first kappa shape index (κ1) is 34.9. The predicted molar refractivity (Wildman–Crippen MR) is 257 cm³/mol. The van der Waals surface area contributed by atoms with Gasteiger partial charge in [0.05, 0.1) is 11.0 Å². The number of fused-ring (bicyclic) bond motifs is 7. The summed E-state index contributed by atoms with van der Waals surface area (Å²) in [4.78, 5) is 2.35. The van der Waals surface area contributed by atoms with Gasteiger partial charge in [0.25, 0.3) is 0 Å². The molecule has 0 N–H and O–H groups in total. The normalized spacial score (nSPS) is 11.6. The molecule has 0 unspecified atom stereocenters. The van der Waals surface area contributed by atoms with Crippen molar-refractivity contribution < 1.29 is 4.42 Å². The molecule has 0 bridgehead atoms. The Morgan fingerprint density at radius 3 is 1.41 bits per heavy atom. The van der Waals surface area contributed by atoms with Gasteiger partial charge >= 0.3 is 0 Å². The van der Waals surface area contributed by atoms with Crippen LogP contribution in [0.3, 0.4) is 0 Å². The van der Waals surface area contributed by atoms with E-state index in [-0.39, 0.29) is 0 Å². The standard InChI is InChI=1S/C58H38N2O/c1-2-12-49-42(10-1)11-9-16-50(49)43-26-35-47(36-27-43)59(46-31-24-41(25-32-46)44-28-37-58-54(38-44)53-15-5-8-19-57(53)61-58)45-29-20-39(21-30-45)40-22-33-48(34-23-40)60-55-17-6-3-13-51(55)52-14-4-7-18-56(52)60/h1-38H. The van der Waals surface area contributed by atoms with E-state index < -0.39 is 0 Å². The molecule has 0 aliphatic rings. The van der Waals surface area contributed by atoms with Crippen molar-refractivity contribution in [1.29, 1.82) is 0 Å². The SMILES string of the molecule is c1ccc2c(-c3ccc(N(c4ccc(-c5ccc(-n6c7ccccc7c7ccccc76)cc5)cc4)c4ccc(-c5ccc6oc7ccccc7c6c5)cc4)cc3)cccc2c1. The van der Waals surface area contributed by atoms with Crippen molar-refractivity contribution in [3.8, 4) is 39.1 Å². The molecule has 0 amide bonds. The van der Waals surface area contributed by atoms with Gasteiger partial charge in [0.2, 0.25) is 0 Å². The van der Waals surface area contributed by atoms with Gasteiger partial charge in [-0.25, -0.2) is 0 Å². The van der Waals surface area contributed by atoms with Crippen LogP contribution >= 0.6 is 0 Å². The minimum atomic E-state index is 0.905. The van der Waals surface area contributed by atoms with Crippen molar-refractivity contribution in [1.82, 2.24) is 4.57 Å². The maximum atomic E-state index is 6.13. The lowest BCUT2D eigenvalue weighted by Gasteiger charge is -2.26. The first-order valence-corrected chi connectivity index (χ1v) is 20.8. The summed E-state index contributed by atoms with van der Waals surface area (Å²) in [7, 11) is 0. The van der Waals surface area contributed by atoms with Gasteiger partial charge in [0, 0.05) is 44.3 Å². The summed E-state index contributed by atoms with van der Waals surface area (Å²) in [5.41, 5.74) is 15.7. The second kappa shape index (κ2) is 14.3. The van der Waals surface area contributed by atoms with E-state index in [1.54, 1.807) is 0 Å². The third-order valence-electron chi connectivity index (χ3n) is 12.2. The molecule has 0 fully saturated rings. The minimum absolute atomic E-state index is 0.905. The molecule has 2 heterocycles. The van der Waals surface area contributed by atoms with E-state index in [0.29, 0.717) is 0 Å². The molecule has 12 aromatic rings. The molecule has 286 valence electrons. The van der Waals surface area contributed by atoms with E-state index in [2.05, 4.69) is 228 Å². The Labute approximate surface area is 353 Å². The summed E-state index contributed by atoms with van der Waals surface area (Å²) in [6.07, 6.45) is 0. The molecule has 0 radical (unpaired) electrons. The van der Waals surface area contributed by atoms with Crippen LogP contribution in [0.5, 0.6) is 0 Å². The third kappa shape index (κ3) is 5.98. The molecule has 2 aromatic heterocycles. The minimum Gasteiger partial charge on any atom is -0.456 e. The van der Waals surface area contributed by atoms with Gasteiger partial charge in [-0.15, -0.1) is 0 Å². The summed E-state index contributed by atoms with van der Waals surface area (Å²) in [6.45, 7) is 0. The van der Waals surface area contributed by atoms with Gasteiger partial charge in [-0.3, -0.25) is 0 Å². The Morgan fingerprint density at radius 1 is 0.311 bits per heavy atom. The zero-order chi connectivity index (χ0) is 40.3. The number of aromatic nitrogens is 1. The van der Waals surface area contributed by atoms with Crippen LogP contribution in [0.2, 0.25) is 0 Å². The fraction of sp³-hybridized carbons (Fsp3) is 0. The second-order valence-corrected chi connectivity index (χ2v) is 15.7. The quantitative estimate of drug-likeness (QED) is 0.161. The predicted octanol–water partition coefficient (Wildman–Crippen LogP) is 16.3. The number of nitrogens with zero attached hydrogens (tertiary/aromatic N) is 2. The second-order valence-electron chi connectivity index (χ2n) is 15.7. The average Bonchev–Trinajstić information content (AvgIpc) is 3.88. The number of hydrogen-bond acceptors (Lipinski definition) is 2. The molecule has 3 heteroatoms. The Bertz CT molecular complexity index is 3500. The van der Waals surface area contributed by atoms with Gasteiger partial charge in [-0.2, -0.15) is 0 Å². The summed E-state index contributed by atoms with van der Waals surface area (Å²) in [5, 5.41) is 7.30. The highest BCUT2D eigenvalue weighted by Crippen LogP contribution is 2.40. The zero-order valence-electron chi connectivity index (χ0n) is 33.2. The van der Waals surface area contributed by atoms with Crippen molar-refractivity contribution in [2.24, 2.45) is 0 Å². The molecule has 10 aromatic carbocycles. The van der Waals surface area contributed by atoms with E-state index in [0.717, 1.165) is 55.8 Å². The highest BCUT2D eigenvalue weighted by Gasteiger charge is 2.16. The summed E-state index contributed by atoms with van der Waals surface area (Å²) >= 11 is 0. The lowest BCUT2D eigenvalue weighted by molar-refractivity contribution is 0.669. The summed E-state index contributed by atoms with van der Waals surface area (Å²) in [5.74, 6) is 0. The molecule has 0 saturated heterocycles. The Balaban J connectivity index is 0.901. The van der Waals surface area contributed by atoms with Gasteiger partial charge < -0.3 is 13.9 Å². The largest absolute Gasteiger partial charge is 0.456 e. The number of hydrogen-bond donors (Lipinski definition) is 0. The van der Waals surface area contributed by atoms with Gasteiger partial charge in [0.1, 0.15) is 11.2 Å². The van der Waals surface area contributed by atoms with Crippen LogP contribution < -0.4 is 4.90 Å². The smallest absolute Gasteiger partial charge is 0.135 e. The van der Waals surface area contributed by atoms with Crippen LogP contribution in [0, 0.1) is 0 Å². The maximum Gasteiger partial charge on any atom is 0.135 e. The first-order chi connectivity index (χ1) is 30.2. The number of rotatable bonds is 7. The summed E-state index contributed by atoms with van der Waals surface area (Å²) < 4.78 is 8.49. The molecular weight excluding hydrogens is 741 g/mol. The van der Waals surface area contributed by atoms with Crippen LogP contribution in [-0.2, 0) is 0 Å². The van der Waals surface area contributed by atoms with E-state index in [1.165, 1.54) is 54.8 Å². The van der Waals surface area contributed by atoms with E-state index in [1.807, 2.05) is 12.1 Å². The zero-order valence-corrected chi connectivity index (χ0v) is 33.2.